The lowest BCUT2D eigenvalue weighted by Gasteiger charge is -2.53. The second-order valence-electron chi connectivity index (χ2n) is 20.6. The molecular weight excluding hydrogens is 1110 g/mol. The van der Waals surface area contributed by atoms with Gasteiger partial charge in [0.1, 0.15) is 134 Å². The fraction of sp³-hybridized carbons (Fsp3) is 0.935. The predicted octanol–water partition coefficient (Wildman–Crippen LogP) is -12.1. The second kappa shape index (κ2) is 29.1. The van der Waals surface area contributed by atoms with Crippen molar-refractivity contribution in [1.29, 1.82) is 0 Å². The molecule has 19 N–H and O–H groups in total. The Bertz CT molecular complexity index is 1990. The third-order valence-corrected chi connectivity index (χ3v) is 14.4. The van der Waals surface area contributed by atoms with Crippen LogP contribution in [0.2, 0.25) is 0 Å². The van der Waals surface area contributed by atoms with Crippen molar-refractivity contribution in [2.24, 2.45) is 0 Å². The molecule has 0 aromatic rings. The van der Waals surface area contributed by atoms with Gasteiger partial charge in [0.2, 0.25) is 11.8 Å². The molecule has 31 atom stereocenters. The van der Waals surface area contributed by atoms with Gasteiger partial charge >= 0.3 is 5.97 Å². The first-order chi connectivity index (χ1) is 38.2. The summed E-state index contributed by atoms with van der Waals surface area (Å²) in [5.41, 5.74) is 0. The molecule has 0 saturated carbocycles. The summed E-state index contributed by atoms with van der Waals surface area (Å²) in [6, 6.07) is -3.61. The van der Waals surface area contributed by atoms with Crippen LogP contribution in [0.15, 0.2) is 0 Å². The van der Waals surface area contributed by atoms with E-state index in [1.807, 2.05) is 0 Å². The van der Waals surface area contributed by atoms with E-state index in [-0.39, 0.29) is 6.47 Å². The van der Waals surface area contributed by atoms with Crippen molar-refractivity contribution in [2.45, 2.75) is 237 Å². The molecular formula is C46H78N2O33. The maximum atomic E-state index is 13.1. The lowest BCUT2D eigenvalue weighted by atomic mass is 9.91. The summed E-state index contributed by atoms with van der Waals surface area (Å²) >= 11 is 0. The normalized spacial score (nSPS) is 46.8. The van der Waals surface area contributed by atoms with E-state index in [0.29, 0.717) is 0 Å². The highest BCUT2D eigenvalue weighted by Gasteiger charge is 2.61. The van der Waals surface area contributed by atoms with Gasteiger partial charge in [-0.3, -0.25) is 14.4 Å². The molecule has 81 heavy (non-hydrogen) atoms. The number of hydrogen-bond donors (Lipinski definition) is 19. The number of aliphatic hydroxyl groups excluding tert-OH is 17. The molecule has 6 heterocycles. The number of carbonyl (C=O) groups is 3. The molecule has 35 heteroatoms. The van der Waals surface area contributed by atoms with Gasteiger partial charge in [-0.15, -0.1) is 0 Å². The summed E-state index contributed by atoms with van der Waals surface area (Å²) in [6.07, 6.45) is -56.8. The number of amides is 2. The minimum absolute atomic E-state index is 0.296. The van der Waals surface area contributed by atoms with Crippen LogP contribution in [0.25, 0.3) is 0 Å². The van der Waals surface area contributed by atoms with Crippen molar-refractivity contribution < 1.29 is 163 Å². The molecule has 0 aliphatic carbocycles. The Balaban J connectivity index is 1.43. The van der Waals surface area contributed by atoms with Crippen LogP contribution in [0.4, 0.5) is 0 Å². The molecule has 6 aliphatic rings. The molecule has 6 rings (SSSR count). The lowest BCUT2D eigenvalue weighted by molar-refractivity contribution is -0.452. The van der Waals surface area contributed by atoms with Crippen molar-refractivity contribution in [3.63, 3.8) is 0 Å². The molecule has 35 nitrogen and oxygen atoms in total. The van der Waals surface area contributed by atoms with E-state index in [1.165, 1.54) is 6.92 Å². The summed E-state index contributed by atoms with van der Waals surface area (Å²) in [7, 11) is 0. The van der Waals surface area contributed by atoms with Crippen LogP contribution in [0.3, 0.4) is 0 Å². The molecule has 11 unspecified atom stereocenters. The molecule has 470 valence electrons. The lowest BCUT2D eigenvalue weighted by Crippen LogP contribution is -2.72. The Morgan fingerprint density at radius 1 is 0.556 bits per heavy atom. The van der Waals surface area contributed by atoms with Crippen LogP contribution < -0.4 is 10.6 Å². The topological polar surface area (TPSA) is 539 Å². The zero-order valence-corrected chi connectivity index (χ0v) is 44.4. The number of aliphatic hydroxyl groups is 17. The standard InChI is InChI=1S/C46H78N2O33/c1-13(2)70-42-33(67)31(65)35(21(10-52)74-42)76-44-34(68)39(81-46(69-12-54)6-17(57)23(47-15(4)55)38(80-46)26(60)18(58)7-49)36(22(11-53)75-44)77-41-24(48-16(5)56)37(28(62)20(9-51)72-41)78-45-40(30(64)27(61)19(8-50)73-45)79-43-32(66)29(63)25(59)14(3)71-43/h12-14,17-45,49-53,57-68H,6-11H2,1-5H3,(H,47,55)(H,48,56)/t14?,17-,18-,19?,20?,21?,22?,23-,24?,25-,26-,27+,28+,29+,30+,31-,32?,33?,34?,35-,36+,37-,38?,39-,40?,41-,42-,43+,44+,45+,46+/m1/s1. The highest BCUT2D eigenvalue weighted by molar-refractivity contribution is 5.73. The first-order valence-electron chi connectivity index (χ1n) is 26.0. The van der Waals surface area contributed by atoms with Crippen LogP contribution in [-0.2, 0) is 76.0 Å². The minimum atomic E-state index is -3.10. The van der Waals surface area contributed by atoms with Gasteiger partial charge in [0.05, 0.1) is 63.8 Å². The molecule has 0 aromatic carbocycles. The average Bonchev–Trinajstić information content (AvgIpc) is 3.57. The van der Waals surface area contributed by atoms with Gasteiger partial charge in [-0.2, -0.15) is 0 Å². The Morgan fingerprint density at radius 2 is 1.05 bits per heavy atom. The van der Waals surface area contributed by atoms with E-state index in [1.54, 1.807) is 13.8 Å². The largest absolute Gasteiger partial charge is 0.410 e. The molecule has 6 saturated heterocycles. The molecule has 6 aliphatic heterocycles. The summed E-state index contributed by atoms with van der Waals surface area (Å²) in [5.74, 6) is -4.87. The van der Waals surface area contributed by atoms with Gasteiger partial charge in [-0.05, 0) is 20.8 Å². The monoisotopic (exact) mass is 1190 g/mol. The summed E-state index contributed by atoms with van der Waals surface area (Å²) in [6.45, 7) is 0.702. The summed E-state index contributed by atoms with van der Waals surface area (Å²) in [4.78, 5) is 37.9. The van der Waals surface area contributed by atoms with Crippen LogP contribution in [0.1, 0.15) is 41.0 Å². The molecule has 0 aromatic heterocycles. The van der Waals surface area contributed by atoms with Gasteiger partial charge in [0.25, 0.3) is 6.47 Å². The number of rotatable bonds is 23. The van der Waals surface area contributed by atoms with Gasteiger partial charge in [-0.1, -0.05) is 0 Å². The van der Waals surface area contributed by atoms with Gasteiger partial charge in [0.15, 0.2) is 31.5 Å². The highest BCUT2D eigenvalue weighted by atomic mass is 16.9. The van der Waals surface area contributed by atoms with Crippen molar-refractivity contribution in [1.82, 2.24) is 10.6 Å². The Hall–Kier alpha value is -2.75. The van der Waals surface area contributed by atoms with Crippen molar-refractivity contribution in [2.75, 3.05) is 33.0 Å². The van der Waals surface area contributed by atoms with Gasteiger partial charge in [0, 0.05) is 13.8 Å². The van der Waals surface area contributed by atoms with Crippen molar-refractivity contribution >= 4 is 18.3 Å². The van der Waals surface area contributed by atoms with Gasteiger partial charge in [-0.25, -0.2) is 0 Å². The average molecular weight is 1190 g/mol. The van der Waals surface area contributed by atoms with E-state index < -0.39 is 247 Å². The molecule has 0 spiro atoms. The molecule has 2 amide bonds. The van der Waals surface area contributed by atoms with E-state index in [0.717, 1.165) is 13.8 Å². The first-order valence-corrected chi connectivity index (χ1v) is 26.0. The third-order valence-electron chi connectivity index (χ3n) is 14.4. The minimum Gasteiger partial charge on any atom is -0.410 e. The van der Waals surface area contributed by atoms with E-state index in [4.69, 9.17) is 61.6 Å². The van der Waals surface area contributed by atoms with E-state index in [9.17, 15) is 101 Å². The number of hydrogen-bond acceptors (Lipinski definition) is 33. The third kappa shape index (κ3) is 15.1. The quantitative estimate of drug-likeness (QED) is 0.0334. The van der Waals surface area contributed by atoms with E-state index >= 15 is 0 Å². The zero-order valence-electron chi connectivity index (χ0n) is 44.4. The van der Waals surface area contributed by atoms with Crippen molar-refractivity contribution in [3.05, 3.63) is 0 Å². The van der Waals surface area contributed by atoms with Crippen LogP contribution in [0, 0.1) is 0 Å². The summed E-state index contributed by atoms with van der Waals surface area (Å²) < 4.78 is 76.3. The maximum Gasteiger partial charge on any atom is 0.332 e. The second-order valence-corrected chi connectivity index (χ2v) is 20.6. The molecule has 0 radical (unpaired) electrons. The SMILES string of the molecule is CC(=O)NC1[C@@H](O[C@H]2C(CO)O[C@@H](O[C@@H]3C(CO)O[C@@H](OC(C)C)C(O)[C@H]3O)C(O)[C@H]2O[C@]2(OC=O)C[C@@H](O)[C@@H](NC(C)=O)C([C@H](O)[C@H](O)CO)O2)OC(CO)[C@H](O)[C@@H]1O[C@@H]1OC(CO)[C@H](O)[C@H](O)C1O[C@@H]1OC(C)[C@@H](O)[C@H](O)C1O. The number of nitrogens with one attached hydrogen (secondary N) is 2. The van der Waals surface area contributed by atoms with E-state index in [2.05, 4.69) is 10.6 Å². The van der Waals surface area contributed by atoms with Gasteiger partial charge < -0.3 is 159 Å². The fourth-order valence-electron chi connectivity index (χ4n) is 10.3. The summed E-state index contributed by atoms with van der Waals surface area (Å²) in [5, 5.41) is 191. The number of carbonyl (C=O) groups excluding carboxylic acids is 3. The fourth-order valence-corrected chi connectivity index (χ4v) is 10.3. The Kier molecular flexibility index (Phi) is 24.2. The number of ether oxygens (including phenoxy) is 13. The molecule has 6 fully saturated rings. The molecule has 0 bridgehead atoms. The zero-order chi connectivity index (χ0) is 60.1. The van der Waals surface area contributed by atoms with Crippen LogP contribution in [0.5, 0.6) is 0 Å². The maximum absolute atomic E-state index is 13.1. The predicted molar refractivity (Wildman–Crippen MR) is 252 cm³/mol. The smallest absolute Gasteiger partial charge is 0.332 e. The Labute approximate surface area is 461 Å². The van der Waals surface area contributed by atoms with Crippen LogP contribution >= 0.6 is 0 Å². The Morgan fingerprint density at radius 3 is 1.63 bits per heavy atom. The van der Waals surface area contributed by atoms with Crippen LogP contribution in [-0.4, -0.2) is 334 Å². The first kappa shape index (κ1) is 67.4. The van der Waals surface area contributed by atoms with Crippen molar-refractivity contribution in [3.8, 4) is 0 Å². The highest BCUT2D eigenvalue weighted by Crippen LogP contribution is 2.41.